The number of aliphatic hydroxyl groups excluding tert-OH is 1. The molecule has 0 bridgehead atoms. The van der Waals surface area contributed by atoms with Crippen LogP contribution < -0.4 is 0 Å². The predicted octanol–water partition coefficient (Wildman–Crippen LogP) is 25.3. The summed E-state index contributed by atoms with van der Waals surface area (Å²) in [6.45, 7) is 11.9. The Hall–Kier alpha value is -1.94. The van der Waals surface area contributed by atoms with Gasteiger partial charge in [0.15, 0.2) is 12.2 Å². The molecule has 103 heavy (non-hydrogen) atoms. The summed E-state index contributed by atoms with van der Waals surface area (Å²) in [6, 6.07) is 0. The van der Waals surface area contributed by atoms with Crippen LogP contribution in [-0.2, 0) is 65.4 Å². The fraction of sp³-hybridized carbons (Fsp3) is 0.952. The quantitative estimate of drug-likeness (QED) is 0.0222. The van der Waals surface area contributed by atoms with Crippen LogP contribution in [0.5, 0.6) is 0 Å². The standard InChI is InChI=1S/C84H164O17P2/c1-8-10-11-12-13-14-15-16-17-18-19-20-24-27-30-33-38-43-51-58-65-81(86)94-71-79(100-83(88)67-60-53-44-39-34-31-28-25-22-21-23-26-29-32-37-42-50-57-64-77(7)9-2)73-98-102(90,91)96-69-78(85)70-97-103(92,93)99-74-80(72-95-82(87)66-59-52-47-46-49-56-63-76(5)6)101-84(89)68-61-54-45-40-35-36-41-48-55-62-75(3)4/h75-80,85H,8-74H2,1-7H3,(H,90,91)(H,92,93)/t77?,78-,79-,80-/m1/s1. The first-order valence-electron chi connectivity index (χ1n) is 43.4. The lowest BCUT2D eigenvalue weighted by Crippen LogP contribution is -2.30. The van der Waals surface area contributed by atoms with E-state index >= 15 is 0 Å². The topological polar surface area (TPSA) is 237 Å². The first-order chi connectivity index (χ1) is 49.8. The van der Waals surface area contributed by atoms with Crippen molar-refractivity contribution in [2.75, 3.05) is 39.6 Å². The van der Waals surface area contributed by atoms with Gasteiger partial charge < -0.3 is 33.8 Å². The van der Waals surface area contributed by atoms with Crippen molar-refractivity contribution in [1.29, 1.82) is 0 Å². The van der Waals surface area contributed by atoms with E-state index in [0.717, 1.165) is 108 Å². The number of aliphatic hydroxyl groups is 1. The van der Waals surface area contributed by atoms with Crippen LogP contribution in [0.15, 0.2) is 0 Å². The summed E-state index contributed by atoms with van der Waals surface area (Å²) >= 11 is 0. The number of esters is 4. The van der Waals surface area contributed by atoms with E-state index in [-0.39, 0.29) is 25.7 Å². The fourth-order valence-electron chi connectivity index (χ4n) is 13.0. The Bertz CT molecular complexity index is 1990. The van der Waals surface area contributed by atoms with Crippen molar-refractivity contribution in [2.45, 2.75) is 458 Å². The van der Waals surface area contributed by atoms with Crippen molar-refractivity contribution in [2.24, 2.45) is 17.8 Å². The Labute approximate surface area is 632 Å². The second-order valence-electron chi connectivity index (χ2n) is 31.4. The van der Waals surface area contributed by atoms with Crippen LogP contribution in [0, 0.1) is 17.8 Å². The second kappa shape index (κ2) is 74.2. The molecule has 0 fully saturated rings. The third kappa shape index (κ3) is 76.6. The van der Waals surface area contributed by atoms with Crippen molar-refractivity contribution in [1.82, 2.24) is 0 Å². The van der Waals surface area contributed by atoms with Gasteiger partial charge in [-0.15, -0.1) is 0 Å². The van der Waals surface area contributed by atoms with E-state index in [9.17, 15) is 43.2 Å². The molecule has 0 amide bonds. The monoisotopic (exact) mass is 1510 g/mol. The van der Waals surface area contributed by atoms with E-state index in [1.54, 1.807) is 0 Å². The van der Waals surface area contributed by atoms with Gasteiger partial charge in [0, 0.05) is 25.7 Å². The maximum Gasteiger partial charge on any atom is 0.472 e. The number of phosphoric ester groups is 2. The van der Waals surface area contributed by atoms with Crippen molar-refractivity contribution in [3.05, 3.63) is 0 Å². The largest absolute Gasteiger partial charge is 0.472 e. The number of hydrogen-bond acceptors (Lipinski definition) is 15. The minimum atomic E-state index is -4.96. The Kier molecular flexibility index (Phi) is 72.8. The zero-order valence-electron chi connectivity index (χ0n) is 67.8. The number of hydrogen-bond donors (Lipinski definition) is 3. The van der Waals surface area contributed by atoms with Crippen LogP contribution >= 0.6 is 15.6 Å². The van der Waals surface area contributed by atoms with Gasteiger partial charge in [-0.1, -0.05) is 389 Å². The highest BCUT2D eigenvalue weighted by Gasteiger charge is 2.30. The Morgan fingerprint density at radius 2 is 0.495 bits per heavy atom. The highest BCUT2D eigenvalue weighted by atomic mass is 31.2. The van der Waals surface area contributed by atoms with E-state index in [2.05, 4.69) is 48.5 Å². The van der Waals surface area contributed by atoms with Crippen molar-refractivity contribution in [3.63, 3.8) is 0 Å². The average molecular weight is 1510 g/mol. The van der Waals surface area contributed by atoms with Gasteiger partial charge in [-0.05, 0) is 43.4 Å². The number of ether oxygens (including phenoxy) is 4. The summed E-state index contributed by atoms with van der Waals surface area (Å²) in [4.78, 5) is 73.0. The normalized spacial score (nSPS) is 14.2. The molecule has 0 heterocycles. The van der Waals surface area contributed by atoms with Crippen LogP contribution in [0.3, 0.4) is 0 Å². The van der Waals surface area contributed by atoms with Gasteiger partial charge in [-0.2, -0.15) is 0 Å². The van der Waals surface area contributed by atoms with Gasteiger partial charge >= 0.3 is 39.5 Å². The third-order valence-corrected chi connectivity index (χ3v) is 21.9. The zero-order chi connectivity index (χ0) is 75.8. The van der Waals surface area contributed by atoms with Gasteiger partial charge in [-0.3, -0.25) is 37.3 Å². The van der Waals surface area contributed by atoms with Crippen LogP contribution in [0.4, 0.5) is 0 Å². The van der Waals surface area contributed by atoms with Crippen molar-refractivity contribution in [3.8, 4) is 0 Å². The van der Waals surface area contributed by atoms with Crippen molar-refractivity contribution >= 4 is 39.5 Å². The Balaban J connectivity index is 5.19. The summed E-state index contributed by atoms with van der Waals surface area (Å²) in [7, 11) is -9.92. The van der Waals surface area contributed by atoms with E-state index in [1.165, 1.54) is 244 Å². The van der Waals surface area contributed by atoms with Crippen LogP contribution in [0.2, 0.25) is 0 Å². The number of unbranched alkanes of at least 4 members (excludes halogenated alkanes) is 49. The van der Waals surface area contributed by atoms with Gasteiger partial charge in [0.05, 0.1) is 26.4 Å². The number of carbonyl (C=O) groups is 4. The molecule has 612 valence electrons. The molecule has 0 aromatic carbocycles. The van der Waals surface area contributed by atoms with E-state index < -0.39 is 97.5 Å². The molecule has 17 nitrogen and oxygen atoms in total. The molecule has 0 aromatic rings. The summed E-state index contributed by atoms with van der Waals surface area (Å²) in [5.41, 5.74) is 0. The molecular weight excluding hydrogens is 1340 g/mol. The van der Waals surface area contributed by atoms with Gasteiger partial charge in [0.1, 0.15) is 19.3 Å². The maximum absolute atomic E-state index is 13.1. The number of phosphoric acid groups is 2. The third-order valence-electron chi connectivity index (χ3n) is 20.0. The van der Waals surface area contributed by atoms with E-state index in [4.69, 9.17) is 37.0 Å². The van der Waals surface area contributed by atoms with Crippen LogP contribution in [0.1, 0.15) is 440 Å². The highest BCUT2D eigenvalue weighted by Crippen LogP contribution is 2.45. The lowest BCUT2D eigenvalue weighted by molar-refractivity contribution is -0.161. The Morgan fingerprint density at radius 3 is 0.738 bits per heavy atom. The van der Waals surface area contributed by atoms with E-state index in [1.807, 2.05) is 0 Å². The van der Waals surface area contributed by atoms with Crippen molar-refractivity contribution < 1.29 is 80.2 Å². The minimum absolute atomic E-state index is 0.104. The molecule has 0 radical (unpaired) electrons. The SMILES string of the molecule is CCCCCCCCCCCCCCCCCCCCCCC(=O)OC[C@H](COP(=O)(O)OC[C@@H](O)COP(=O)(O)OC[C@@H](COC(=O)CCCCCCCCC(C)C)OC(=O)CCCCCCCCCCCC(C)C)OC(=O)CCCCCCCCCCCCCCCCCCCCC(C)CC. The molecule has 0 aliphatic rings. The predicted molar refractivity (Wildman–Crippen MR) is 423 cm³/mol. The highest BCUT2D eigenvalue weighted by molar-refractivity contribution is 7.47. The molecule has 6 atom stereocenters. The molecule has 0 saturated heterocycles. The number of rotatable bonds is 82. The molecule has 3 unspecified atom stereocenters. The Morgan fingerprint density at radius 1 is 0.282 bits per heavy atom. The van der Waals surface area contributed by atoms with Crippen LogP contribution in [0.25, 0.3) is 0 Å². The molecular formula is C84H164O17P2. The summed E-state index contributed by atoms with van der Waals surface area (Å²) in [5, 5.41) is 10.6. The van der Waals surface area contributed by atoms with Gasteiger partial charge in [-0.25, -0.2) is 9.13 Å². The molecule has 3 N–H and O–H groups in total. The lowest BCUT2D eigenvalue weighted by Gasteiger charge is -2.21. The first-order valence-corrected chi connectivity index (χ1v) is 46.4. The smallest absolute Gasteiger partial charge is 0.462 e. The summed E-state index contributed by atoms with van der Waals surface area (Å²) < 4.78 is 68.7. The van der Waals surface area contributed by atoms with Gasteiger partial charge in [0.25, 0.3) is 0 Å². The van der Waals surface area contributed by atoms with E-state index in [0.29, 0.717) is 31.6 Å². The fourth-order valence-corrected chi connectivity index (χ4v) is 14.6. The number of carbonyl (C=O) groups excluding carboxylic acids is 4. The molecule has 0 rings (SSSR count). The molecule has 0 aromatic heterocycles. The molecule has 0 aliphatic heterocycles. The zero-order valence-corrected chi connectivity index (χ0v) is 69.6. The average Bonchev–Trinajstić information content (AvgIpc) is 1.76. The maximum atomic E-state index is 13.1. The second-order valence-corrected chi connectivity index (χ2v) is 34.3. The first kappa shape index (κ1) is 101. The molecule has 0 aliphatic carbocycles. The molecule has 0 spiro atoms. The van der Waals surface area contributed by atoms with Crippen LogP contribution in [-0.4, -0.2) is 96.7 Å². The van der Waals surface area contributed by atoms with Gasteiger partial charge in [0.2, 0.25) is 0 Å². The summed E-state index contributed by atoms with van der Waals surface area (Å²) in [6.07, 6.45) is 64.2. The lowest BCUT2D eigenvalue weighted by atomic mass is 9.99. The minimum Gasteiger partial charge on any atom is -0.462 e. The summed E-state index contributed by atoms with van der Waals surface area (Å²) in [5.74, 6) is 0.174. The molecule has 19 heteroatoms. The molecule has 0 saturated carbocycles.